The van der Waals surface area contributed by atoms with E-state index in [9.17, 15) is 5.11 Å². The molecule has 0 amide bonds. The van der Waals surface area contributed by atoms with E-state index < -0.39 is 6.10 Å². The van der Waals surface area contributed by atoms with Crippen LogP contribution in [0.2, 0.25) is 0 Å². The minimum atomic E-state index is -0.441. The Labute approximate surface area is 141 Å². The van der Waals surface area contributed by atoms with Gasteiger partial charge in [-0.3, -0.25) is 0 Å². The van der Waals surface area contributed by atoms with Crippen LogP contribution in [0.5, 0.6) is 5.75 Å². The molecule has 23 heavy (non-hydrogen) atoms. The van der Waals surface area contributed by atoms with Crippen LogP contribution in [0.15, 0.2) is 24.3 Å². The van der Waals surface area contributed by atoms with Gasteiger partial charge in [0, 0.05) is 12.6 Å². The van der Waals surface area contributed by atoms with E-state index in [1.54, 1.807) is 0 Å². The monoisotopic (exact) mass is 319 g/mol. The van der Waals surface area contributed by atoms with Gasteiger partial charge in [-0.05, 0) is 43.0 Å². The van der Waals surface area contributed by atoms with Crippen LogP contribution in [0.4, 0.5) is 0 Å². The van der Waals surface area contributed by atoms with Crippen LogP contribution >= 0.6 is 0 Å². The summed E-state index contributed by atoms with van der Waals surface area (Å²) in [6, 6.07) is 8.84. The van der Waals surface area contributed by atoms with Crippen LogP contribution in [0, 0.1) is 0 Å². The standard InChI is InChI=1S/C20H33NO2/c1-20(2,3)16-10-12-19(13-11-16)23-15-18(22)14-21(4)17-8-6-5-7-9-17/h10-13,17-18,22H,5-9,14-15H2,1-4H3. The summed E-state index contributed by atoms with van der Waals surface area (Å²) in [6.45, 7) is 7.64. The molecule has 1 aromatic carbocycles. The summed E-state index contributed by atoms with van der Waals surface area (Å²) in [5.74, 6) is 0.831. The average molecular weight is 319 g/mol. The molecule has 1 fully saturated rings. The number of nitrogens with zero attached hydrogens (tertiary/aromatic N) is 1. The summed E-state index contributed by atoms with van der Waals surface area (Å²) in [6.07, 6.45) is 6.09. The molecule has 0 aromatic heterocycles. The molecule has 1 aliphatic rings. The van der Waals surface area contributed by atoms with E-state index in [1.807, 2.05) is 12.1 Å². The smallest absolute Gasteiger partial charge is 0.119 e. The Morgan fingerprint density at radius 1 is 1.13 bits per heavy atom. The quantitative estimate of drug-likeness (QED) is 0.860. The molecule has 0 bridgehead atoms. The topological polar surface area (TPSA) is 32.7 Å². The number of hydrogen-bond donors (Lipinski definition) is 1. The lowest BCUT2D eigenvalue weighted by Crippen LogP contribution is -2.40. The number of hydrogen-bond acceptors (Lipinski definition) is 3. The normalized spacial score (nSPS) is 18.2. The van der Waals surface area contributed by atoms with Gasteiger partial charge in [0.2, 0.25) is 0 Å². The number of ether oxygens (including phenoxy) is 1. The summed E-state index contributed by atoms with van der Waals surface area (Å²) in [7, 11) is 2.12. The van der Waals surface area contributed by atoms with Crippen LogP contribution < -0.4 is 4.74 Å². The van der Waals surface area contributed by atoms with Gasteiger partial charge < -0.3 is 14.7 Å². The number of aliphatic hydroxyl groups excluding tert-OH is 1. The van der Waals surface area contributed by atoms with Crippen LogP contribution in [-0.4, -0.2) is 42.4 Å². The summed E-state index contributed by atoms with van der Waals surface area (Å²) in [5.41, 5.74) is 1.45. The van der Waals surface area contributed by atoms with E-state index in [-0.39, 0.29) is 5.41 Å². The molecule has 3 heteroatoms. The molecule has 0 radical (unpaired) electrons. The van der Waals surface area contributed by atoms with E-state index in [4.69, 9.17) is 4.74 Å². The molecule has 3 nitrogen and oxygen atoms in total. The highest BCUT2D eigenvalue weighted by Crippen LogP contribution is 2.24. The maximum Gasteiger partial charge on any atom is 0.119 e. The molecule has 1 aromatic rings. The van der Waals surface area contributed by atoms with Crippen molar-refractivity contribution in [3.05, 3.63) is 29.8 Å². The first kappa shape index (κ1) is 18.3. The van der Waals surface area contributed by atoms with Gasteiger partial charge >= 0.3 is 0 Å². The molecular weight excluding hydrogens is 286 g/mol. The Balaban J connectivity index is 1.76. The highest BCUT2D eigenvalue weighted by atomic mass is 16.5. The summed E-state index contributed by atoms with van der Waals surface area (Å²) in [5, 5.41) is 10.2. The highest BCUT2D eigenvalue weighted by Gasteiger charge is 2.20. The van der Waals surface area contributed by atoms with Crippen molar-refractivity contribution in [3.8, 4) is 5.75 Å². The second-order valence-electron chi connectivity index (χ2n) is 7.97. The number of aliphatic hydroxyl groups is 1. The SMILES string of the molecule is CN(CC(O)COc1ccc(C(C)(C)C)cc1)C1CCCCC1. The third-order valence-corrected chi connectivity index (χ3v) is 4.86. The largest absolute Gasteiger partial charge is 0.491 e. The molecular formula is C20H33NO2. The van der Waals surface area contributed by atoms with E-state index in [0.29, 0.717) is 19.2 Å². The predicted molar refractivity (Wildman–Crippen MR) is 96.1 cm³/mol. The minimum absolute atomic E-state index is 0.154. The molecule has 1 saturated carbocycles. The van der Waals surface area contributed by atoms with Gasteiger partial charge in [0.15, 0.2) is 0 Å². The number of likely N-dealkylation sites (N-methyl/N-ethyl adjacent to an activating group) is 1. The molecule has 1 unspecified atom stereocenters. The second kappa shape index (κ2) is 8.16. The predicted octanol–water partition coefficient (Wildman–Crippen LogP) is 3.99. The molecule has 1 atom stereocenters. The van der Waals surface area contributed by atoms with Gasteiger partial charge in [-0.25, -0.2) is 0 Å². The van der Waals surface area contributed by atoms with Crippen molar-refractivity contribution in [3.63, 3.8) is 0 Å². The lowest BCUT2D eigenvalue weighted by atomic mass is 9.87. The van der Waals surface area contributed by atoms with Crippen molar-refractivity contribution in [1.82, 2.24) is 4.90 Å². The first-order chi connectivity index (χ1) is 10.9. The zero-order chi connectivity index (χ0) is 16.9. The zero-order valence-electron chi connectivity index (χ0n) is 15.2. The van der Waals surface area contributed by atoms with Gasteiger partial charge in [-0.1, -0.05) is 52.2 Å². The van der Waals surface area contributed by atoms with Crippen molar-refractivity contribution >= 4 is 0 Å². The Morgan fingerprint density at radius 2 is 1.74 bits per heavy atom. The Hall–Kier alpha value is -1.06. The van der Waals surface area contributed by atoms with Gasteiger partial charge in [0.25, 0.3) is 0 Å². The van der Waals surface area contributed by atoms with Crippen molar-refractivity contribution in [1.29, 1.82) is 0 Å². The maximum atomic E-state index is 10.2. The Morgan fingerprint density at radius 3 is 2.30 bits per heavy atom. The third kappa shape index (κ3) is 5.82. The molecule has 1 aliphatic carbocycles. The third-order valence-electron chi connectivity index (χ3n) is 4.86. The molecule has 0 aliphatic heterocycles. The number of benzene rings is 1. The Bertz CT molecular complexity index is 458. The highest BCUT2D eigenvalue weighted by molar-refractivity contribution is 5.31. The fourth-order valence-electron chi connectivity index (χ4n) is 3.30. The minimum Gasteiger partial charge on any atom is -0.491 e. The fourth-order valence-corrected chi connectivity index (χ4v) is 3.30. The number of rotatable bonds is 6. The van der Waals surface area contributed by atoms with Crippen molar-refractivity contribution < 1.29 is 9.84 Å². The van der Waals surface area contributed by atoms with Gasteiger partial charge in [-0.2, -0.15) is 0 Å². The first-order valence-corrected chi connectivity index (χ1v) is 8.98. The average Bonchev–Trinajstić information content (AvgIpc) is 2.53. The van der Waals surface area contributed by atoms with E-state index in [1.165, 1.54) is 37.7 Å². The van der Waals surface area contributed by atoms with Crippen molar-refractivity contribution in [2.24, 2.45) is 0 Å². The Kier molecular flexibility index (Phi) is 6.49. The lowest BCUT2D eigenvalue weighted by Gasteiger charge is -2.32. The first-order valence-electron chi connectivity index (χ1n) is 8.98. The van der Waals surface area contributed by atoms with Crippen LogP contribution in [0.1, 0.15) is 58.4 Å². The maximum absolute atomic E-state index is 10.2. The molecule has 0 spiro atoms. The molecule has 0 heterocycles. The van der Waals surface area contributed by atoms with Crippen molar-refractivity contribution in [2.75, 3.05) is 20.2 Å². The summed E-state index contributed by atoms with van der Waals surface area (Å²) < 4.78 is 5.75. The van der Waals surface area contributed by atoms with E-state index >= 15 is 0 Å². The second-order valence-corrected chi connectivity index (χ2v) is 7.97. The van der Waals surface area contributed by atoms with E-state index in [2.05, 4.69) is 44.9 Å². The molecule has 0 saturated heterocycles. The van der Waals surface area contributed by atoms with Gasteiger partial charge in [-0.15, -0.1) is 0 Å². The van der Waals surface area contributed by atoms with Crippen LogP contribution in [0.25, 0.3) is 0 Å². The molecule has 130 valence electrons. The van der Waals surface area contributed by atoms with Crippen LogP contribution in [0.3, 0.4) is 0 Å². The summed E-state index contributed by atoms with van der Waals surface area (Å²) in [4.78, 5) is 2.30. The van der Waals surface area contributed by atoms with E-state index in [0.717, 1.165) is 5.75 Å². The lowest BCUT2D eigenvalue weighted by molar-refractivity contribution is 0.0561. The zero-order valence-corrected chi connectivity index (χ0v) is 15.2. The van der Waals surface area contributed by atoms with Crippen molar-refractivity contribution in [2.45, 2.75) is 70.4 Å². The molecule has 2 rings (SSSR count). The fraction of sp³-hybridized carbons (Fsp3) is 0.700. The van der Waals surface area contributed by atoms with Gasteiger partial charge in [0.1, 0.15) is 18.5 Å². The summed E-state index contributed by atoms with van der Waals surface area (Å²) >= 11 is 0. The van der Waals surface area contributed by atoms with Gasteiger partial charge in [0.05, 0.1) is 0 Å². The van der Waals surface area contributed by atoms with Crippen LogP contribution in [-0.2, 0) is 5.41 Å². The molecule has 1 N–H and O–H groups in total.